The molecule has 116 valence electrons. The van der Waals surface area contributed by atoms with Gasteiger partial charge in [-0.05, 0) is 24.1 Å². The van der Waals surface area contributed by atoms with Crippen LogP contribution in [-0.2, 0) is 11.2 Å². The Morgan fingerprint density at radius 1 is 1.52 bits per heavy atom. The van der Waals surface area contributed by atoms with E-state index in [2.05, 4.69) is 21.7 Å². The summed E-state index contributed by atoms with van der Waals surface area (Å²) in [4.78, 5) is 28.0. The van der Waals surface area contributed by atoms with Gasteiger partial charge < -0.3 is 10.4 Å². The van der Waals surface area contributed by atoms with Gasteiger partial charge in [0.2, 0.25) is 0 Å². The number of rotatable bonds is 3. The van der Waals surface area contributed by atoms with E-state index in [1.54, 1.807) is 18.3 Å². The van der Waals surface area contributed by atoms with Gasteiger partial charge in [-0.3, -0.25) is 19.9 Å². The molecule has 0 aliphatic carbocycles. The van der Waals surface area contributed by atoms with E-state index in [9.17, 15) is 20.0 Å². The van der Waals surface area contributed by atoms with Crippen LogP contribution in [0, 0.1) is 11.3 Å². The van der Waals surface area contributed by atoms with Gasteiger partial charge in [-0.2, -0.15) is 5.26 Å². The van der Waals surface area contributed by atoms with Crippen molar-refractivity contribution in [3.63, 3.8) is 0 Å². The molecule has 8 heteroatoms. The third-order valence-corrected chi connectivity index (χ3v) is 4.75. The van der Waals surface area contributed by atoms with Gasteiger partial charge in [0, 0.05) is 23.8 Å². The molecule has 1 unspecified atom stereocenters. The summed E-state index contributed by atoms with van der Waals surface area (Å²) in [6.07, 6.45) is 3.54. The molecule has 23 heavy (non-hydrogen) atoms. The van der Waals surface area contributed by atoms with Gasteiger partial charge in [-0.25, -0.2) is 0 Å². The number of aliphatic carboxylic acids is 1. The molecular formula is C15H12N4O3S. The number of nitrogens with one attached hydrogen (secondary N) is 2. The zero-order chi connectivity index (χ0) is 16.4. The molecule has 1 aliphatic heterocycles. The summed E-state index contributed by atoms with van der Waals surface area (Å²) in [5.41, 5.74) is 1.41. The number of carboxylic acid groups (broad SMARTS) is 1. The second-order valence-electron chi connectivity index (χ2n) is 4.93. The highest BCUT2D eigenvalue weighted by molar-refractivity contribution is 7.17. The van der Waals surface area contributed by atoms with Crippen LogP contribution in [0.15, 0.2) is 24.5 Å². The largest absolute Gasteiger partial charge is 0.480 e. The number of hydrogen-bond acceptors (Lipinski definition) is 6. The summed E-state index contributed by atoms with van der Waals surface area (Å²) in [6, 6.07) is 4.49. The number of carbonyl (C=O) groups excluding carboxylic acids is 1. The average Bonchev–Trinajstić information content (AvgIpc) is 2.92. The Kier molecular flexibility index (Phi) is 4.06. The van der Waals surface area contributed by atoms with E-state index in [4.69, 9.17) is 0 Å². The highest BCUT2D eigenvalue weighted by Gasteiger charge is 2.32. The Bertz CT molecular complexity index is 810. The molecule has 0 fully saturated rings. The maximum atomic E-state index is 12.2. The SMILES string of the molecule is N#Cc1c(NC(=O)c2cccnc2)sc2c1CCNC2C(=O)O. The molecule has 0 saturated heterocycles. The van der Waals surface area contributed by atoms with Gasteiger partial charge in [0.25, 0.3) is 5.91 Å². The Morgan fingerprint density at radius 3 is 3.00 bits per heavy atom. The van der Waals surface area contributed by atoms with Crippen LogP contribution < -0.4 is 10.6 Å². The third-order valence-electron chi connectivity index (χ3n) is 3.53. The van der Waals surface area contributed by atoms with E-state index in [1.165, 1.54) is 6.20 Å². The van der Waals surface area contributed by atoms with Crippen LogP contribution in [0.5, 0.6) is 0 Å². The molecule has 0 radical (unpaired) electrons. The molecule has 1 atom stereocenters. The minimum absolute atomic E-state index is 0.343. The molecule has 0 spiro atoms. The van der Waals surface area contributed by atoms with Crippen LogP contribution in [0.3, 0.4) is 0 Å². The Morgan fingerprint density at radius 2 is 2.35 bits per heavy atom. The van der Waals surface area contributed by atoms with Crippen molar-refractivity contribution in [3.05, 3.63) is 46.1 Å². The number of carboxylic acids is 1. The summed E-state index contributed by atoms with van der Waals surface area (Å²) in [5, 5.41) is 24.7. The van der Waals surface area contributed by atoms with Crippen molar-refractivity contribution in [2.24, 2.45) is 0 Å². The number of fused-ring (bicyclic) bond motifs is 1. The van der Waals surface area contributed by atoms with E-state index >= 15 is 0 Å². The van der Waals surface area contributed by atoms with Gasteiger partial charge in [-0.15, -0.1) is 11.3 Å². The normalized spacial score (nSPS) is 16.2. The quantitative estimate of drug-likeness (QED) is 0.787. The highest BCUT2D eigenvalue weighted by Crippen LogP contribution is 2.39. The van der Waals surface area contributed by atoms with Crippen molar-refractivity contribution < 1.29 is 14.7 Å². The molecule has 1 aliphatic rings. The number of nitriles is 1. The summed E-state index contributed by atoms with van der Waals surface area (Å²) < 4.78 is 0. The zero-order valence-corrected chi connectivity index (χ0v) is 12.7. The van der Waals surface area contributed by atoms with Gasteiger partial charge in [0.15, 0.2) is 0 Å². The molecule has 2 aromatic rings. The Labute approximate surface area is 135 Å². The summed E-state index contributed by atoms with van der Waals surface area (Å²) in [5.74, 6) is -1.38. The monoisotopic (exact) mass is 328 g/mol. The predicted molar refractivity (Wildman–Crippen MR) is 83.3 cm³/mol. The van der Waals surface area contributed by atoms with Crippen molar-refractivity contribution in [3.8, 4) is 6.07 Å². The number of amides is 1. The lowest BCUT2D eigenvalue weighted by Gasteiger charge is -2.20. The van der Waals surface area contributed by atoms with Gasteiger partial charge in [0.05, 0.1) is 11.1 Å². The third kappa shape index (κ3) is 2.79. The zero-order valence-electron chi connectivity index (χ0n) is 11.9. The minimum atomic E-state index is -0.998. The number of aromatic nitrogens is 1. The fraction of sp³-hybridized carbons (Fsp3) is 0.200. The summed E-state index contributed by atoms with van der Waals surface area (Å²) >= 11 is 1.13. The number of carbonyl (C=O) groups is 2. The molecule has 0 aromatic carbocycles. The van der Waals surface area contributed by atoms with Crippen molar-refractivity contribution in [1.29, 1.82) is 5.26 Å². The fourth-order valence-corrected chi connectivity index (χ4v) is 3.74. The first kappa shape index (κ1) is 15.1. The molecule has 0 saturated carbocycles. The van der Waals surface area contributed by atoms with Crippen LogP contribution in [-0.4, -0.2) is 28.5 Å². The van der Waals surface area contributed by atoms with E-state index in [1.807, 2.05) is 0 Å². The van der Waals surface area contributed by atoms with Gasteiger partial charge in [0.1, 0.15) is 17.1 Å². The molecule has 3 heterocycles. The van der Waals surface area contributed by atoms with Crippen LogP contribution >= 0.6 is 11.3 Å². The second kappa shape index (κ2) is 6.16. The van der Waals surface area contributed by atoms with Crippen LogP contribution in [0.4, 0.5) is 5.00 Å². The van der Waals surface area contributed by atoms with Crippen LogP contribution in [0.2, 0.25) is 0 Å². The second-order valence-corrected chi connectivity index (χ2v) is 5.98. The van der Waals surface area contributed by atoms with Gasteiger partial charge >= 0.3 is 5.97 Å². The van der Waals surface area contributed by atoms with Crippen LogP contribution in [0.25, 0.3) is 0 Å². The number of thiophene rings is 1. The van der Waals surface area contributed by atoms with Crippen molar-refractivity contribution >= 4 is 28.2 Å². The fourth-order valence-electron chi connectivity index (χ4n) is 2.48. The first-order valence-corrected chi connectivity index (χ1v) is 7.66. The van der Waals surface area contributed by atoms with Crippen molar-refractivity contribution in [2.45, 2.75) is 12.5 Å². The molecule has 3 rings (SSSR count). The lowest BCUT2D eigenvalue weighted by atomic mass is 10.00. The van der Waals surface area contributed by atoms with Crippen LogP contribution in [0.1, 0.15) is 32.4 Å². The number of nitrogens with zero attached hydrogens (tertiary/aromatic N) is 2. The first-order valence-electron chi connectivity index (χ1n) is 6.85. The van der Waals surface area contributed by atoms with E-state index in [0.717, 1.165) is 11.3 Å². The van der Waals surface area contributed by atoms with E-state index < -0.39 is 12.0 Å². The maximum Gasteiger partial charge on any atom is 0.326 e. The molecule has 7 nitrogen and oxygen atoms in total. The molecule has 3 N–H and O–H groups in total. The van der Waals surface area contributed by atoms with Crippen molar-refractivity contribution in [2.75, 3.05) is 11.9 Å². The number of pyridine rings is 1. The summed E-state index contributed by atoms with van der Waals surface area (Å²) in [6.45, 7) is 0.478. The molecular weight excluding hydrogens is 316 g/mol. The average molecular weight is 328 g/mol. The lowest BCUT2D eigenvalue weighted by molar-refractivity contribution is -0.139. The molecule has 1 amide bonds. The van der Waals surface area contributed by atoms with E-state index in [0.29, 0.717) is 39.5 Å². The number of hydrogen-bond donors (Lipinski definition) is 3. The first-order chi connectivity index (χ1) is 11.1. The van der Waals surface area contributed by atoms with Gasteiger partial charge in [-0.1, -0.05) is 0 Å². The summed E-state index contributed by atoms with van der Waals surface area (Å²) in [7, 11) is 0. The number of anilines is 1. The predicted octanol–water partition coefficient (Wildman–Crippen LogP) is 1.54. The smallest absolute Gasteiger partial charge is 0.326 e. The Balaban J connectivity index is 1.96. The lowest BCUT2D eigenvalue weighted by Crippen LogP contribution is -2.34. The maximum absolute atomic E-state index is 12.2. The minimum Gasteiger partial charge on any atom is -0.480 e. The molecule has 0 bridgehead atoms. The van der Waals surface area contributed by atoms with Crippen molar-refractivity contribution in [1.82, 2.24) is 10.3 Å². The topological polar surface area (TPSA) is 115 Å². The Hall–Kier alpha value is -2.76. The highest BCUT2D eigenvalue weighted by atomic mass is 32.1. The van der Waals surface area contributed by atoms with E-state index in [-0.39, 0.29) is 5.91 Å². The molecule has 2 aromatic heterocycles. The standard InChI is InChI=1S/C15H12N4O3S/c16-6-10-9-3-5-18-11(15(21)22)12(9)23-14(10)19-13(20)8-2-1-4-17-7-8/h1-2,4,7,11,18H,3,5H2,(H,19,20)(H,21,22).